The Hall–Kier alpha value is -1.95. The van der Waals surface area contributed by atoms with Gasteiger partial charge in [0.25, 0.3) is 5.91 Å². The molecule has 0 saturated carbocycles. The van der Waals surface area contributed by atoms with Crippen molar-refractivity contribution < 1.29 is 9.90 Å². The topological polar surface area (TPSA) is 80.0 Å². The maximum Gasteiger partial charge on any atom is 0.251 e. The normalized spacial score (nSPS) is 10.8. The van der Waals surface area contributed by atoms with E-state index in [2.05, 4.69) is 15.6 Å². The van der Waals surface area contributed by atoms with E-state index in [-0.39, 0.29) is 12.5 Å². The van der Waals surface area contributed by atoms with Gasteiger partial charge in [0.05, 0.1) is 5.52 Å². The largest absolute Gasteiger partial charge is 0.396 e. The second-order valence-corrected chi connectivity index (χ2v) is 3.94. The van der Waals surface area contributed by atoms with Crippen molar-refractivity contribution in [3.05, 3.63) is 23.8 Å². The number of hydrogen-bond acceptors (Lipinski definition) is 4. The van der Waals surface area contributed by atoms with E-state index in [1.165, 1.54) is 0 Å². The van der Waals surface area contributed by atoms with Crippen LogP contribution in [0.3, 0.4) is 0 Å². The number of aryl methyl sites for hydroxylation is 1. The number of aliphatic hydroxyl groups excluding tert-OH is 1. The molecule has 6 heteroatoms. The summed E-state index contributed by atoms with van der Waals surface area (Å²) in [4.78, 5) is 11.8. The molecule has 6 nitrogen and oxygen atoms in total. The fourth-order valence-corrected chi connectivity index (χ4v) is 1.73. The molecule has 0 aliphatic rings. The van der Waals surface area contributed by atoms with Crippen LogP contribution in [-0.2, 0) is 6.54 Å². The quantitative estimate of drug-likeness (QED) is 0.758. The summed E-state index contributed by atoms with van der Waals surface area (Å²) in [6.45, 7) is 3.28. The van der Waals surface area contributed by atoms with E-state index in [9.17, 15) is 4.79 Å². The average molecular weight is 248 g/mol. The molecule has 0 spiro atoms. The first-order valence-corrected chi connectivity index (χ1v) is 5.98. The minimum atomic E-state index is -0.156. The molecular weight excluding hydrogens is 232 g/mol. The van der Waals surface area contributed by atoms with Crippen LogP contribution in [0.25, 0.3) is 11.0 Å². The van der Waals surface area contributed by atoms with Crippen molar-refractivity contribution in [2.24, 2.45) is 0 Å². The predicted molar refractivity (Wildman–Crippen MR) is 67.2 cm³/mol. The molecule has 2 rings (SSSR count). The Morgan fingerprint density at radius 1 is 1.50 bits per heavy atom. The lowest BCUT2D eigenvalue weighted by Crippen LogP contribution is -2.24. The minimum Gasteiger partial charge on any atom is -0.396 e. The third kappa shape index (κ3) is 2.48. The Labute approximate surface area is 105 Å². The van der Waals surface area contributed by atoms with Crippen LogP contribution in [0.2, 0.25) is 0 Å². The average Bonchev–Trinajstić information content (AvgIpc) is 2.80. The molecule has 1 amide bonds. The van der Waals surface area contributed by atoms with E-state index < -0.39 is 0 Å². The first-order valence-electron chi connectivity index (χ1n) is 5.98. The van der Waals surface area contributed by atoms with E-state index in [1.54, 1.807) is 16.8 Å². The highest BCUT2D eigenvalue weighted by Crippen LogP contribution is 2.13. The standard InChI is InChI=1S/C12H16N4O2/c1-2-16-11-5-4-9(8-10(11)14-15-16)12(18)13-6-3-7-17/h4-5,8,17H,2-3,6-7H2,1H3,(H,13,18). The Balaban J connectivity index is 2.17. The molecule has 2 N–H and O–H groups in total. The van der Waals surface area contributed by atoms with Crippen LogP contribution in [0.1, 0.15) is 23.7 Å². The lowest BCUT2D eigenvalue weighted by atomic mass is 10.2. The Morgan fingerprint density at radius 2 is 2.33 bits per heavy atom. The minimum absolute atomic E-state index is 0.0736. The smallest absolute Gasteiger partial charge is 0.251 e. The van der Waals surface area contributed by atoms with Gasteiger partial charge in [-0.3, -0.25) is 4.79 Å². The van der Waals surface area contributed by atoms with Crippen molar-refractivity contribution in [3.63, 3.8) is 0 Å². The summed E-state index contributed by atoms with van der Waals surface area (Å²) < 4.78 is 1.78. The van der Waals surface area contributed by atoms with Gasteiger partial charge in [-0.25, -0.2) is 4.68 Å². The highest BCUT2D eigenvalue weighted by molar-refractivity contribution is 5.97. The van der Waals surface area contributed by atoms with Gasteiger partial charge in [-0.2, -0.15) is 0 Å². The molecule has 0 atom stereocenters. The van der Waals surface area contributed by atoms with E-state index in [0.717, 1.165) is 12.1 Å². The summed E-state index contributed by atoms with van der Waals surface area (Å²) in [6.07, 6.45) is 0.556. The second-order valence-electron chi connectivity index (χ2n) is 3.94. The van der Waals surface area contributed by atoms with Gasteiger partial charge in [0.1, 0.15) is 5.52 Å². The van der Waals surface area contributed by atoms with Gasteiger partial charge in [-0.15, -0.1) is 5.10 Å². The molecule has 18 heavy (non-hydrogen) atoms. The SMILES string of the molecule is CCn1nnc2cc(C(=O)NCCCO)ccc21. The van der Waals surface area contributed by atoms with Crippen LogP contribution in [0.4, 0.5) is 0 Å². The number of amides is 1. The second kappa shape index (κ2) is 5.59. The maximum atomic E-state index is 11.8. The van der Waals surface area contributed by atoms with E-state index in [0.29, 0.717) is 24.0 Å². The van der Waals surface area contributed by atoms with Crippen LogP contribution in [-0.4, -0.2) is 39.2 Å². The van der Waals surface area contributed by atoms with Gasteiger partial charge in [0.15, 0.2) is 0 Å². The molecule has 0 unspecified atom stereocenters. The van der Waals surface area contributed by atoms with Gasteiger partial charge >= 0.3 is 0 Å². The van der Waals surface area contributed by atoms with Crippen molar-refractivity contribution in [1.29, 1.82) is 0 Å². The summed E-state index contributed by atoms with van der Waals surface area (Å²) in [5.41, 5.74) is 2.19. The molecule has 1 heterocycles. The summed E-state index contributed by atoms with van der Waals surface area (Å²) in [6, 6.07) is 5.33. The number of carbonyl (C=O) groups is 1. The molecule has 0 aliphatic carbocycles. The number of nitrogens with zero attached hydrogens (tertiary/aromatic N) is 3. The number of fused-ring (bicyclic) bond motifs is 1. The monoisotopic (exact) mass is 248 g/mol. The fourth-order valence-electron chi connectivity index (χ4n) is 1.73. The number of carbonyl (C=O) groups excluding carboxylic acids is 1. The molecular formula is C12H16N4O2. The van der Waals surface area contributed by atoms with Crippen LogP contribution >= 0.6 is 0 Å². The summed E-state index contributed by atoms with van der Waals surface area (Å²) in [5.74, 6) is -0.156. The lowest BCUT2D eigenvalue weighted by Gasteiger charge is -2.04. The van der Waals surface area contributed by atoms with Crippen molar-refractivity contribution in [2.75, 3.05) is 13.2 Å². The Bertz CT molecular complexity index is 550. The van der Waals surface area contributed by atoms with E-state index in [4.69, 9.17) is 5.11 Å². The molecule has 0 radical (unpaired) electrons. The van der Waals surface area contributed by atoms with Crippen molar-refractivity contribution >= 4 is 16.9 Å². The molecule has 96 valence electrons. The zero-order valence-electron chi connectivity index (χ0n) is 10.3. The Morgan fingerprint density at radius 3 is 3.06 bits per heavy atom. The molecule has 0 saturated heterocycles. The van der Waals surface area contributed by atoms with Gasteiger partial charge < -0.3 is 10.4 Å². The van der Waals surface area contributed by atoms with Gasteiger partial charge in [-0.1, -0.05) is 5.21 Å². The first kappa shape index (κ1) is 12.5. The number of nitrogens with one attached hydrogen (secondary N) is 1. The fraction of sp³-hybridized carbons (Fsp3) is 0.417. The number of benzene rings is 1. The number of hydrogen-bond donors (Lipinski definition) is 2. The highest BCUT2D eigenvalue weighted by atomic mass is 16.3. The zero-order chi connectivity index (χ0) is 13.0. The summed E-state index contributed by atoms with van der Waals surface area (Å²) >= 11 is 0. The van der Waals surface area contributed by atoms with E-state index >= 15 is 0 Å². The van der Waals surface area contributed by atoms with Crippen molar-refractivity contribution in [1.82, 2.24) is 20.3 Å². The van der Waals surface area contributed by atoms with Crippen molar-refractivity contribution in [2.45, 2.75) is 19.9 Å². The molecule has 2 aromatic rings. The van der Waals surface area contributed by atoms with Crippen LogP contribution in [0.15, 0.2) is 18.2 Å². The van der Waals surface area contributed by atoms with Gasteiger partial charge in [0.2, 0.25) is 0 Å². The molecule has 0 fully saturated rings. The third-order valence-electron chi connectivity index (χ3n) is 2.70. The molecule has 1 aromatic heterocycles. The predicted octanol–water partition coefficient (Wildman–Crippen LogP) is 0.563. The highest BCUT2D eigenvalue weighted by Gasteiger charge is 2.09. The Kier molecular flexibility index (Phi) is 3.88. The van der Waals surface area contributed by atoms with E-state index in [1.807, 2.05) is 13.0 Å². The van der Waals surface area contributed by atoms with Crippen molar-refractivity contribution in [3.8, 4) is 0 Å². The van der Waals surface area contributed by atoms with Crippen LogP contribution in [0.5, 0.6) is 0 Å². The van der Waals surface area contributed by atoms with Crippen LogP contribution in [0, 0.1) is 0 Å². The molecule has 0 aliphatic heterocycles. The first-order chi connectivity index (χ1) is 8.76. The van der Waals surface area contributed by atoms with Gasteiger partial charge in [-0.05, 0) is 31.5 Å². The molecule has 0 bridgehead atoms. The van der Waals surface area contributed by atoms with Gasteiger partial charge in [0, 0.05) is 25.3 Å². The van der Waals surface area contributed by atoms with Crippen LogP contribution < -0.4 is 5.32 Å². The number of aliphatic hydroxyl groups is 1. The summed E-state index contributed by atoms with van der Waals surface area (Å²) in [7, 11) is 0. The molecule has 1 aromatic carbocycles. The number of rotatable bonds is 5. The number of aromatic nitrogens is 3. The maximum absolute atomic E-state index is 11.8. The summed E-state index contributed by atoms with van der Waals surface area (Å²) in [5, 5.41) is 19.4. The zero-order valence-corrected chi connectivity index (χ0v) is 10.3. The lowest BCUT2D eigenvalue weighted by molar-refractivity contribution is 0.0951. The third-order valence-corrected chi connectivity index (χ3v) is 2.70.